The van der Waals surface area contributed by atoms with Gasteiger partial charge in [0.1, 0.15) is 0 Å². The fourth-order valence-corrected chi connectivity index (χ4v) is 3.82. The monoisotopic (exact) mass is 379 g/mol. The summed E-state index contributed by atoms with van der Waals surface area (Å²) in [4.78, 5) is 15.5. The van der Waals surface area contributed by atoms with E-state index in [-0.39, 0.29) is 5.41 Å². The van der Waals surface area contributed by atoms with Crippen LogP contribution in [-0.2, 0) is 16.7 Å². The van der Waals surface area contributed by atoms with Crippen LogP contribution in [-0.4, -0.2) is 51.8 Å². The molecule has 0 amide bonds. The Kier molecular flexibility index (Phi) is 5.73. The van der Waals surface area contributed by atoms with Gasteiger partial charge in [-0.05, 0) is 56.1 Å². The van der Waals surface area contributed by atoms with Crippen LogP contribution < -0.4 is 0 Å². The zero-order valence-corrected chi connectivity index (χ0v) is 16.1. The normalized spacial score (nSPS) is 16.9. The second kappa shape index (κ2) is 8.58. The number of aromatic nitrogens is 4. The molecule has 4 heterocycles. The van der Waals surface area contributed by atoms with Crippen molar-refractivity contribution in [2.45, 2.75) is 31.2 Å². The molecule has 7 heteroatoms. The van der Waals surface area contributed by atoms with Crippen molar-refractivity contribution in [2.75, 3.05) is 26.8 Å². The van der Waals surface area contributed by atoms with Crippen LogP contribution in [0.2, 0.25) is 0 Å². The van der Waals surface area contributed by atoms with E-state index >= 15 is 0 Å². The number of likely N-dealkylation sites (tertiary alicyclic amines) is 1. The summed E-state index contributed by atoms with van der Waals surface area (Å²) in [7, 11) is 1.74. The summed E-state index contributed by atoms with van der Waals surface area (Å²) in [5, 5.41) is 4.36. The number of methoxy groups -OCH3 is 1. The smallest absolute Gasteiger partial charge is 0.258 e. The van der Waals surface area contributed by atoms with Crippen molar-refractivity contribution in [3.05, 3.63) is 60.4 Å². The Morgan fingerprint density at radius 2 is 1.93 bits per heavy atom. The lowest BCUT2D eigenvalue weighted by molar-refractivity contribution is 0.103. The maximum atomic E-state index is 5.58. The Labute approximate surface area is 164 Å². The minimum Gasteiger partial charge on any atom is -0.385 e. The first-order valence-electron chi connectivity index (χ1n) is 9.64. The number of hydrogen-bond acceptors (Lipinski definition) is 7. The van der Waals surface area contributed by atoms with Crippen LogP contribution in [0, 0.1) is 0 Å². The highest BCUT2D eigenvalue weighted by molar-refractivity contribution is 5.51. The summed E-state index contributed by atoms with van der Waals surface area (Å²) in [6.45, 7) is 3.57. The highest BCUT2D eigenvalue weighted by Crippen LogP contribution is 2.38. The first-order valence-corrected chi connectivity index (χ1v) is 9.64. The predicted octanol–water partition coefficient (Wildman–Crippen LogP) is 3.10. The lowest BCUT2D eigenvalue weighted by atomic mass is 9.75. The standard InChI is InChI=1S/C21H25N5O2/c1-27-14-8-21(20-24-19(28-25-20)18-4-10-22-11-5-18)6-12-26(13-7-21)16-17-3-2-9-23-15-17/h2-5,9-11,15H,6-8,12-14,16H2,1H3. The molecule has 28 heavy (non-hydrogen) atoms. The summed E-state index contributed by atoms with van der Waals surface area (Å²) in [6, 6.07) is 7.88. The van der Waals surface area contributed by atoms with E-state index in [1.54, 1.807) is 19.5 Å². The lowest BCUT2D eigenvalue weighted by Gasteiger charge is -2.39. The SMILES string of the molecule is COCCC1(c2noc(-c3ccncc3)n2)CCN(Cc2cccnc2)CC1. The third-order valence-corrected chi connectivity index (χ3v) is 5.55. The second-order valence-electron chi connectivity index (χ2n) is 7.32. The molecule has 1 aliphatic rings. The minimum atomic E-state index is -0.115. The molecule has 1 aliphatic heterocycles. The van der Waals surface area contributed by atoms with Gasteiger partial charge in [-0.3, -0.25) is 14.9 Å². The summed E-state index contributed by atoms with van der Waals surface area (Å²) < 4.78 is 11.0. The van der Waals surface area contributed by atoms with Crippen LogP contribution in [0.3, 0.4) is 0 Å². The first-order chi connectivity index (χ1) is 13.8. The third kappa shape index (κ3) is 4.10. The fraction of sp³-hybridized carbons (Fsp3) is 0.429. The van der Waals surface area contributed by atoms with Gasteiger partial charge >= 0.3 is 0 Å². The van der Waals surface area contributed by atoms with E-state index in [0.717, 1.165) is 50.3 Å². The van der Waals surface area contributed by atoms with Crippen molar-refractivity contribution in [1.82, 2.24) is 25.0 Å². The molecule has 3 aromatic rings. The molecular weight excluding hydrogens is 354 g/mol. The van der Waals surface area contributed by atoms with Crippen molar-refractivity contribution in [3.63, 3.8) is 0 Å². The van der Waals surface area contributed by atoms with Gasteiger partial charge in [-0.2, -0.15) is 4.98 Å². The van der Waals surface area contributed by atoms with Gasteiger partial charge in [-0.25, -0.2) is 0 Å². The Hall–Kier alpha value is -2.64. The van der Waals surface area contributed by atoms with Crippen molar-refractivity contribution >= 4 is 0 Å². The van der Waals surface area contributed by atoms with Gasteiger partial charge in [0.2, 0.25) is 0 Å². The molecule has 0 unspecified atom stereocenters. The van der Waals surface area contributed by atoms with Crippen LogP contribution in [0.4, 0.5) is 0 Å². The molecular formula is C21H25N5O2. The van der Waals surface area contributed by atoms with Gasteiger partial charge in [-0.15, -0.1) is 0 Å². The van der Waals surface area contributed by atoms with Crippen molar-refractivity contribution in [1.29, 1.82) is 0 Å². The average molecular weight is 379 g/mol. The van der Waals surface area contributed by atoms with Crippen molar-refractivity contribution in [2.24, 2.45) is 0 Å². The zero-order chi connectivity index (χ0) is 19.2. The third-order valence-electron chi connectivity index (χ3n) is 5.55. The Morgan fingerprint density at radius 3 is 2.64 bits per heavy atom. The number of pyridine rings is 2. The van der Waals surface area contributed by atoms with Crippen LogP contribution in [0.1, 0.15) is 30.7 Å². The first kappa shape index (κ1) is 18.7. The number of hydrogen-bond donors (Lipinski definition) is 0. The lowest BCUT2D eigenvalue weighted by Crippen LogP contribution is -2.43. The van der Waals surface area contributed by atoms with E-state index in [0.29, 0.717) is 12.5 Å². The van der Waals surface area contributed by atoms with Gasteiger partial charge < -0.3 is 9.26 Å². The van der Waals surface area contributed by atoms with Gasteiger partial charge in [0.25, 0.3) is 5.89 Å². The van der Waals surface area contributed by atoms with E-state index in [4.69, 9.17) is 14.2 Å². The Bertz CT molecular complexity index is 861. The topological polar surface area (TPSA) is 77.2 Å². The number of nitrogens with zero attached hydrogens (tertiary/aromatic N) is 5. The molecule has 0 spiro atoms. The van der Waals surface area contributed by atoms with Gasteiger partial charge in [-0.1, -0.05) is 11.2 Å². The van der Waals surface area contributed by atoms with Gasteiger partial charge in [0.15, 0.2) is 5.82 Å². The predicted molar refractivity (Wildman–Crippen MR) is 104 cm³/mol. The summed E-state index contributed by atoms with van der Waals surface area (Å²) in [6.07, 6.45) is 10.1. The zero-order valence-electron chi connectivity index (χ0n) is 16.1. The largest absolute Gasteiger partial charge is 0.385 e. The molecule has 0 atom stereocenters. The quantitative estimate of drug-likeness (QED) is 0.624. The molecule has 0 bridgehead atoms. The summed E-state index contributed by atoms with van der Waals surface area (Å²) >= 11 is 0. The molecule has 1 fully saturated rings. The molecule has 0 aromatic carbocycles. The Morgan fingerprint density at radius 1 is 1.11 bits per heavy atom. The number of piperidine rings is 1. The van der Waals surface area contributed by atoms with Crippen molar-refractivity contribution < 1.29 is 9.26 Å². The average Bonchev–Trinajstić information content (AvgIpc) is 3.26. The van der Waals surface area contributed by atoms with E-state index < -0.39 is 0 Å². The van der Waals surface area contributed by atoms with E-state index in [9.17, 15) is 0 Å². The molecule has 4 rings (SSSR count). The highest BCUT2D eigenvalue weighted by atomic mass is 16.5. The molecule has 0 aliphatic carbocycles. The second-order valence-corrected chi connectivity index (χ2v) is 7.32. The van der Waals surface area contributed by atoms with E-state index in [1.165, 1.54) is 5.56 Å². The maximum Gasteiger partial charge on any atom is 0.258 e. The van der Waals surface area contributed by atoms with Gasteiger partial charge in [0, 0.05) is 56.0 Å². The van der Waals surface area contributed by atoms with E-state index in [1.807, 2.05) is 30.6 Å². The molecule has 146 valence electrons. The number of rotatable bonds is 7. The van der Waals surface area contributed by atoms with Crippen LogP contribution in [0.15, 0.2) is 53.6 Å². The Balaban J connectivity index is 1.50. The van der Waals surface area contributed by atoms with Crippen molar-refractivity contribution in [3.8, 4) is 11.5 Å². The highest BCUT2D eigenvalue weighted by Gasteiger charge is 2.40. The fourth-order valence-electron chi connectivity index (χ4n) is 3.82. The molecule has 3 aromatic heterocycles. The summed E-state index contributed by atoms with van der Waals surface area (Å²) in [5.74, 6) is 1.34. The van der Waals surface area contributed by atoms with E-state index in [2.05, 4.69) is 26.1 Å². The molecule has 7 nitrogen and oxygen atoms in total. The molecule has 1 saturated heterocycles. The van der Waals surface area contributed by atoms with Gasteiger partial charge in [0.05, 0.1) is 0 Å². The number of ether oxygens (including phenoxy) is 1. The van der Waals surface area contributed by atoms with Crippen LogP contribution in [0.25, 0.3) is 11.5 Å². The molecule has 0 N–H and O–H groups in total. The van der Waals surface area contributed by atoms with Crippen LogP contribution in [0.5, 0.6) is 0 Å². The minimum absolute atomic E-state index is 0.115. The molecule has 0 saturated carbocycles. The summed E-state index contributed by atoms with van der Waals surface area (Å²) in [5.41, 5.74) is 2.02. The van der Waals surface area contributed by atoms with Crippen LogP contribution >= 0.6 is 0 Å². The maximum absolute atomic E-state index is 5.58. The molecule has 0 radical (unpaired) electrons.